The molecule has 27 heavy (non-hydrogen) atoms. The van der Waals surface area contributed by atoms with Gasteiger partial charge in [-0.05, 0) is 30.7 Å². The maximum absolute atomic E-state index is 12.3. The maximum Gasteiger partial charge on any atom is 0.338 e. The number of hydrogen-bond donors (Lipinski definition) is 0. The van der Waals surface area contributed by atoms with Crippen LogP contribution in [0.5, 0.6) is 11.5 Å². The van der Waals surface area contributed by atoms with E-state index < -0.39 is 5.97 Å². The van der Waals surface area contributed by atoms with E-state index in [9.17, 15) is 4.79 Å². The molecule has 0 radical (unpaired) electrons. The Hall–Kier alpha value is -3.35. The van der Waals surface area contributed by atoms with Crippen LogP contribution >= 0.6 is 0 Å². The van der Waals surface area contributed by atoms with Crippen LogP contribution in [0.1, 0.15) is 28.2 Å². The molecule has 0 bridgehead atoms. The lowest BCUT2D eigenvalue weighted by molar-refractivity contribution is 0.0429. The molecule has 7 heteroatoms. The number of rotatable bonds is 4. The van der Waals surface area contributed by atoms with Crippen molar-refractivity contribution in [2.75, 3.05) is 13.2 Å². The zero-order valence-electron chi connectivity index (χ0n) is 14.8. The maximum atomic E-state index is 12.3. The van der Waals surface area contributed by atoms with Crippen LogP contribution in [0.25, 0.3) is 11.4 Å². The van der Waals surface area contributed by atoms with E-state index in [1.54, 1.807) is 18.2 Å². The summed E-state index contributed by atoms with van der Waals surface area (Å²) >= 11 is 0. The van der Waals surface area contributed by atoms with E-state index in [1.807, 2.05) is 31.2 Å². The van der Waals surface area contributed by atoms with E-state index >= 15 is 0 Å². The molecule has 4 rings (SSSR count). The first kappa shape index (κ1) is 17.1. The molecule has 0 unspecified atom stereocenters. The van der Waals surface area contributed by atoms with Gasteiger partial charge in [0.1, 0.15) is 0 Å². The van der Waals surface area contributed by atoms with E-state index in [0.717, 1.165) is 17.5 Å². The lowest BCUT2D eigenvalue weighted by Crippen LogP contribution is -2.06. The van der Waals surface area contributed by atoms with Gasteiger partial charge in [-0.2, -0.15) is 4.98 Å². The van der Waals surface area contributed by atoms with E-state index in [2.05, 4.69) is 10.1 Å². The molecule has 0 saturated heterocycles. The first-order valence-corrected chi connectivity index (χ1v) is 8.66. The zero-order chi connectivity index (χ0) is 18.6. The lowest BCUT2D eigenvalue weighted by atomic mass is 10.1. The third-order valence-electron chi connectivity index (χ3n) is 4.16. The highest BCUT2D eigenvalue weighted by molar-refractivity contribution is 5.90. The first-order chi connectivity index (χ1) is 13.2. The smallest absolute Gasteiger partial charge is 0.338 e. The van der Waals surface area contributed by atoms with Gasteiger partial charge in [0.2, 0.25) is 5.82 Å². The second-order valence-electron chi connectivity index (χ2n) is 6.11. The quantitative estimate of drug-likeness (QED) is 0.653. The molecular weight excluding hydrogens is 348 g/mol. The fraction of sp³-hybridized carbons (Fsp3) is 0.250. The number of nitrogens with zero attached hydrogens (tertiary/aromatic N) is 2. The molecule has 2 aromatic carbocycles. The van der Waals surface area contributed by atoms with Crippen molar-refractivity contribution in [3.63, 3.8) is 0 Å². The molecule has 0 N–H and O–H groups in total. The van der Waals surface area contributed by atoms with Crippen LogP contribution in [0.2, 0.25) is 0 Å². The second kappa shape index (κ2) is 7.49. The Balaban J connectivity index is 1.43. The molecular formula is C20H18N2O5. The predicted octanol–water partition coefficient (Wildman–Crippen LogP) is 3.56. The summed E-state index contributed by atoms with van der Waals surface area (Å²) < 4.78 is 21.6. The molecule has 1 aliphatic heterocycles. The molecule has 1 aliphatic rings. The summed E-state index contributed by atoms with van der Waals surface area (Å²) in [5.74, 6) is 1.37. The van der Waals surface area contributed by atoms with Crippen LogP contribution in [0, 0.1) is 6.92 Å². The van der Waals surface area contributed by atoms with Crippen LogP contribution in [0.4, 0.5) is 0 Å². The number of carbonyl (C=O) groups is 1. The standard InChI is InChI=1S/C20H18N2O5/c1-13-5-2-3-6-15(13)19-21-18(27-22-19)12-26-20(23)14-7-8-16-17(11-14)25-10-4-9-24-16/h2-3,5-8,11H,4,9-10,12H2,1H3. The SMILES string of the molecule is Cc1ccccc1-c1noc(COC(=O)c2ccc3c(c2)OCCCO3)n1. The van der Waals surface area contributed by atoms with E-state index in [4.69, 9.17) is 18.7 Å². The number of ether oxygens (including phenoxy) is 3. The minimum absolute atomic E-state index is 0.105. The first-order valence-electron chi connectivity index (χ1n) is 8.66. The molecule has 0 aliphatic carbocycles. The molecule has 7 nitrogen and oxygen atoms in total. The molecule has 3 aromatic rings. The van der Waals surface area contributed by atoms with Crippen molar-refractivity contribution in [1.82, 2.24) is 10.1 Å². The number of aryl methyl sites for hydroxylation is 1. The van der Waals surface area contributed by atoms with Gasteiger partial charge in [0.25, 0.3) is 5.89 Å². The van der Waals surface area contributed by atoms with Crippen molar-refractivity contribution < 1.29 is 23.5 Å². The van der Waals surface area contributed by atoms with Gasteiger partial charge in [-0.15, -0.1) is 0 Å². The average molecular weight is 366 g/mol. The summed E-state index contributed by atoms with van der Waals surface area (Å²) in [6.45, 7) is 3.01. The predicted molar refractivity (Wildman–Crippen MR) is 95.6 cm³/mol. The third-order valence-corrected chi connectivity index (χ3v) is 4.16. The minimum Gasteiger partial charge on any atom is -0.490 e. The second-order valence-corrected chi connectivity index (χ2v) is 6.11. The fourth-order valence-corrected chi connectivity index (χ4v) is 2.75. The molecule has 1 aromatic heterocycles. The summed E-state index contributed by atoms with van der Waals surface area (Å²) in [6, 6.07) is 12.7. The van der Waals surface area contributed by atoms with E-state index in [1.165, 1.54) is 0 Å². The van der Waals surface area contributed by atoms with E-state index in [0.29, 0.717) is 36.1 Å². The van der Waals surface area contributed by atoms with Crippen LogP contribution in [-0.4, -0.2) is 29.3 Å². The van der Waals surface area contributed by atoms with Gasteiger partial charge in [0.05, 0.1) is 18.8 Å². The Kier molecular flexibility index (Phi) is 4.74. The zero-order valence-corrected chi connectivity index (χ0v) is 14.8. The fourth-order valence-electron chi connectivity index (χ4n) is 2.75. The van der Waals surface area contributed by atoms with Gasteiger partial charge < -0.3 is 18.7 Å². The van der Waals surface area contributed by atoms with Crippen molar-refractivity contribution >= 4 is 5.97 Å². The van der Waals surface area contributed by atoms with Gasteiger partial charge in [0, 0.05) is 12.0 Å². The summed E-state index contributed by atoms with van der Waals surface area (Å²) in [4.78, 5) is 16.6. The molecule has 0 fully saturated rings. The van der Waals surface area contributed by atoms with Crippen molar-refractivity contribution in [2.24, 2.45) is 0 Å². The van der Waals surface area contributed by atoms with Crippen molar-refractivity contribution in [3.05, 3.63) is 59.5 Å². The van der Waals surface area contributed by atoms with Crippen molar-refractivity contribution in [1.29, 1.82) is 0 Å². The van der Waals surface area contributed by atoms with Crippen molar-refractivity contribution in [2.45, 2.75) is 20.0 Å². The summed E-state index contributed by atoms with van der Waals surface area (Å²) in [5.41, 5.74) is 2.29. The van der Waals surface area contributed by atoms with Gasteiger partial charge in [-0.25, -0.2) is 4.79 Å². The van der Waals surface area contributed by atoms with Crippen LogP contribution < -0.4 is 9.47 Å². The number of benzene rings is 2. The molecule has 0 atom stereocenters. The molecule has 0 saturated carbocycles. The average Bonchev–Trinajstić information content (AvgIpc) is 3.03. The minimum atomic E-state index is -0.499. The lowest BCUT2D eigenvalue weighted by Gasteiger charge is -2.08. The largest absolute Gasteiger partial charge is 0.490 e. The Bertz CT molecular complexity index is 967. The van der Waals surface area contributed by atoms with Crippen LogP contribution in [-0.2, 0) is 11.3 Å². The number of esters is 1. The topological polar surface area (TPSA) is 83.7 Å². The van der Waals surface area contributed by atoms with Crippen molar-refractivity contribution in [3.8, 4) is 22.9 Å². The summed E-state index contributed by atoms with van der Waals surface area (Å²) in [5, 5.41) is 3.95. The Labute approximate surface area is 155 Å². The molecule has 0 spiro atoms. The number of fused-ring (bicyclic) bond motifs is 1. The molecule has 138 valence electrons. The van der Waals surface area contributed by atoms with E-state index in [-0.39, 0.29) is 12.5 Å². The highest BCUT2D eigenvalue weighted by atomic mass is 16.6. The Morgan fingerprint density at radius 3 is 2.78 bits per heavy atom. The monoisotopic (exact) mass is 366 g/mol. The highest BCUT2D eigenvalue weighted by Gasteiger charge is 2.17. The molecule has 2 heterocycles. The van der Waals surface area contributed by atoms with Gasteiger partial charge in [-0.3, -0.25) is 0 Å². The third kappa shape index (κ3) is 3.76. The van der Waals surface area contributed by atoms with Crippen LogP contribution in [0.3, 0.4) is 0 Å². The number of hydrogen-bond acceptors (Lipinski definition) is 7. The normalized spacial score (nSPS) is 13.1. The number of carbonyl (C=O) groups excluding carboxylic acids is 1. The van der Waals surface area contributed by atoms with Gasteiger partial charge in [-0.1, -0.05) is 29.4 Å². The molecule has 0 amide bonds. The summed E-state index contributed by atoms with van der Waals surface area (Å²) in [7, 11) is 0. The Morgan fingerprint density at radius 2 is 1.93 bits per heavy atom. The Morgan fingerprint density at radius 1 is 1.11 bits per heavy atom. The highest BCUT2D eigenvalue weighted by Crippen LogP contribution is 2.30. The van der Waals surface area contributed by atoms with Crippen LogP contribution in [0.15, 0.2) is 47.0 Å². The van der Waals surface area contributed by atoms with Gasteiger partial charge in [0.15, 0.2) is 18.1 Å². The summed E-state index contributed by atoms with van der Waals surface area (Å²) in [6.07, 6.45) is 0.800. The van der Waals surface area contributed by atoms with Gasteiger partial charge >= 0.3 is 5.97 Å². The number of aromatic nitrogens is 2.